The molecule has 1 aliphatic heterocycles. The molecule has 0 amide bonds. The van der Waals surface area contributed by atoms with Gasteiger partial charge in [0.25, 0.3) is 0 Å². The lowest BCUT2D eigenvalue weighted by atomic mass is 9.98. The highest BCUT2D eigenvalue weighted by molar-refractivity contribution is 7.41. The summed E-state index contributed by atoms with van der Waals surface area (Å²) < 4.78 is 0. The van der Waals surface area contributed by atoms with Crippen LogP contribution in [0.4, 0.5) is 0 Å². The van der Waals surface area contributed by atoms with Crippen LogP contribution in [-0.4, -0.2) is 30.7 Å². The van der Waals surface area contributed by atoms with E-state index in [1.807, 2.05) is 0 Å². The van der Waals surface area contributed by atoms with Gasteiger partial charge in [0.2, 0.25) is 0 Å². The number of aliphatic imine (C=N–C) groups is 2. The molecule has 2 aliphatic rings. The summed E-state index contributed by atoms with van der Waals surface area (Å²) >= 11 is 0. The van der Waals surface area contributed by atoms with Crippen molar-refractivity contribution in [2.45, 2.75) is 25.3 Å². The molecule has 7 heteroatoms. The molecule has 112 valence electrons. The van der Waals surface area contributed by atoms with Crippen molar-refractivity contribution in [1.29, 1.82) is 0 Å². The normalized spacial score (nSPS) is 23.1. The Hall–Kier alpha value is -1.94. The van der Waals surface area contributed by atoms with E-state index in [9.17, 15) is 0 Å². The molecule has 0 saturated carbocycles. The molecule has 0 radical (unpaired) electrons. The van der Waals surface area contributed by atoms with E-state index in [2.05, 4.69) is 36.7 Å². The second-order valence-electron chi connectivity index (χ2n) is 4.97. The molecule has 7 N–H and O–H groups in total. The first-order valence-corrected chi connectivity index (χ1v) is 7.40. The van der Waals surface area contributed by atoms with Crippen LogP contribution in [0.1, 0.15) is 19.3 Å². The maximum atomic E-state index is 6.34. The van der Waals surface area contributed by atoms with Gasteiger partial charge in [-0.15, -0.1) is 0 Å². The Morgan fingerprint density at radius 3 is 2.90 bits per heavy atom. The average Bonchev–Trinajstić information content (AvgIpc) is 2.90. The van der Waals surface area contributed by atoms with Crippen molar-refractivity contribution < 1.29 is 5.41 Å². The summed E-state index contributed by atoms with van der Waals surface area (Å²) in [4.78, 5) is 8.16. The first-order valence-electron chi connectivity index (χ1n) is 6.82. The Morgan fingerprint density at radius 2 is 2.33 bits per heavy atom. The van der Waals surface area contributed by atoms with Crippen molar-refractivity contribution in [3.05, 3.63) is 34.7 Å². The topological polar surface area (TPSA) is 114 Å². The van der Waals surface area contributed by atoms with E-state index in [4.69, 9.17) is 16.9 Å². The summed E-state index contributed by atoms with van der Waals surface area (Å²) in [5.74, 6) is 0.435. The van der Waals surface area contributed by atoms with Crippen LogP contribution in [0.2, 0.25) is 0 Å². The van der Waals surface area contributed by atoms with Crippen LogP contribution < -0.4 is 22.2 Å². The van der Waals surface area contributed by atoms with Crippen LogP contribution >= 0.6 is 9.24 Å². The maximum Gasteiger partial charge on any atom is 0.199 e. The number of amidine groups is 1. The van der Waals surface area contributed by atoms with E-state index >= 15 is 0 Å². The zero-order valence-corrected chi connectivity index (χ0v) is 13.3. The molecule has 21 heavy (non-hydrogen) atoms. The Labute approximate surface area is 126 Å². The molecule has 0 aromatic carbocycles. The summed E-state index contributed by atoms with van der Waals surface area (Å²) in [5.41, 5.74) is 16.1. The van der Waals surface area contributed by atoms with Gasteiger partial charge in [0, 0.05) is 18.4 Å². The standard InChI is InChI=1S/C14H21N6P/c1-18-14(19-7-15)11(13(17)21)12(16)10-6-8-4-2-3-5-9(8)20-10/h3,5,7,10,17,20H,2,4,6,16,21H2,1H3,(H2,15,18,19)/p+1. The molecule has 0 aromatic heterocycles. The highest BCUT2D eigenvalue weighted by Crippen LogP contribution is 2.30. The van der Waals surface area contributed by atoms with Gasteiger partial charge < -0.3 is 16.8 Å². The molecule has 0 spiro atoms. The maximum absolute atomic E-state index is 6.34. The van der Waals surface area contributed by atoms with Gasteiger partial charge in [-0.3, -0.25) is 10.4 Å². The number of hydrogen-bond acceptors (Lipinski definition) is 3. The molecule has 0 saturated heterocycles. The fourth-order valence-electron chi connectivity index (χ4n) is 2.65. The van der Waals surface area contributed by atoms with Crippen molar-refractivity contribution in [3.8, 4) is 0 Å². The molecule has 2 unspecified atom stereocenters. The lowest BCUT2D eigenvalue weighted by Gasteiger charge is -2.16. The van der Waals surface area contributed by atoms with Gasteiger partial charge in [0.05, 0.1) is 12.4 Å². The van der Waals surface area contributed by atoms with Crippen molar-refractivity contribution in [1.82, 2.24) is 5.32 Å². The zero-order chi connectivity index (χ0) is 15.4. The quantitative estimate of drug-likeness (QED) is 0.311. The molecule has 2 atom stereocenters. The molecule has 1 heterocycles. The SMILES string of the molecule is CN=C(N=CN)C(C(=[NH2+])P)=C(N)C1CC2=C(C=CCC2)N1. The van der Waals surface area contributed by atoms with Crippen LogP contribution in [0.15, 0.2) is 44.7 Å². The van der Waals surface area contributed by atoms with Crippen LogP contribution in [0, 0.1) is 0 Å². The van der Waals surface area contributed by atoms with E-state index in [1.165, 1.54) is 17.6 Å². The van der Waals surface area contributed by atoms with E-state index in [1.54, 1.807) is 7.05 Å². The van der Waals surface area contributed by atoms with Gasteiger partial charge in [0.1, 0.15) is 5.57 Å². The fourth-order valence-corrected chi connectivity index (χ4v) is 2.95. The predicted octanol–water partition coefficient (Wildman–Crippen LogP) is -0.787. The first-order chi connectivity index (χ1) is 10.1. The molecular formula is C14H22N6P+. The van der Waals surface area contributed by atoms with Crippen molar-refractivity contribution in [2.24, 2.45) is 21.5 Å². The van der Waals surface area contributed by atoms with Crippen molar-refractivity contribution in [3.63, 3.8) is 0 Å². The molecular weight excluding hydrogens is 283 g/mol. The van der Waals surface area contributed by atoms with E-state index in [0.717, 1.165) is 19.3 Å². The molecule has 6 nitrogen and oxygen atoms in total. The number of hydrogen-bond donors (Lipinski definition) is 4. The van der Waals surface area contributed by atoms with Crippen molar-refractivity contribution >= 4 is 26.9 Å². The van der Waals surface area contributed by atoms with Crippen LogP contribution in [0.25, 0.3) is 0 Å². The lowest BCUT2D eigenvalue weighted by Crippen LogP contribution is -2.42. The molecule has 0 fully saturated rings. The average molecular weight is 305 g/mol. The Bertz CT molecular complexity index is 597. The monoisotopic (exact) mass is 305 g/mol. The van der Waals surface area contributed by atoms with Gasteiger partial charge in [-0.1, -0.05) is 6.08 Å². The number of nitrogens with zero attached hydrogens (tertiary/aromatic N) is 2. The third kappa shape index (κ3) is 3.22. The van der Waals surface area contributed by atoms with Gasteiger partial charge in [-0.05, 0) is 40.2 Å². The van der Waals surface area contributed by atoms with Gasteiger partial charge in [-0.2, -0.15) is 0 Å². The van der Waals surface area contributed by atoms with E-state index < -0.39 is 0 Å². The molecule has 0 aromatic rings. The van der Waals surface area contributed by atoms with Gasteiger partial charge in [-0.25, -0.2) is 4.99 Å². The largest absolute Gasteiger partial charge is 0.400 e. The van der Waals surface area contributed by atoms with Gasteiger partial charge >= 0.3 is 0 Å². The third-order valence-electron chi connectivity index (χ3n) is 3.64. The minimum Gasteiger partial charge on any atom is -0.400 e. The Kier molecular flexibility index (Phi) is 4.91. The number of nitrogens with two attached hydrogens (primary N) is 3. The fraction of sp³-hybridized carbons (Fsp3) is 0.357. The Balaban J connectivity index is 2.32. The van der Waals surface area contributed by atoms with Crippen molar-refractivity contribution in [2.75, 3.05) is 7.05 Å². The minimum absolute atomic E-state index is 0.0107. The van der Waals surface area contributed by atoms with E-state index in [-0.39, 0.29) is 6.04 Å². The first kappa shape index (κ1) is 15.4. The highest BCUT2D eigenvalue weighted by atomic mass is 31.0. The predicted molar refractivity (Wildman–Crippen MR) is 90.8 cm³/mol. The Morgan fingerprint density at radius 1 is 1.57 bits per heavy atom. The molecule has 1 aliphatic carbocycles. The minimum atomic E-state index is 0.0107. The smallest absolute Gasteiger partial charge is 0.199 e. The number of allylic oxidation sites excluding steroid dienone is 2. The summed E-state index contributed by atoms with van der Waals surface area (Å²) in [7, 11) is 4.09. The summed E-state index contributed by atoms with van der Waals surface area (Å²) in [6, 6.07) is 0.0107. The molecule has 2 rings (SSSR count). The van der Waals surface area contributed by atoms with Crippen LogP contribution in [0.3, 0.4) is 0 Å². The van der Waals surface area contributed by atoms with E-state index in [0.29, 0.717) is 22.6 Å². The number of nitrogens with one attached hydrogen (secondary N) is 1. The summed E-state index contributed by atoms with van der Waals surface area (Å²) in [6.45, 7) is 0. The molecule has 0 bridgehead atoms. The number of rotatable bonds is 3. The lowest BCUT2D eigenvalue weighted by molar-refractivity contribution is -0.107. The van der Waals surface area contributed by atoms with Gasteiger partial charge in [0.15, 0.2) is 11.3 Å². The highest BCUT2D eigenvalue weighted by Gasteiger charge is 2.29. The zero-order valence-electron chi connectivity index (χ0n) is 12.1. The summed E-state index contributed by atoms with van der Waals surface area (Å²) in [6.07, 6.45) is 8.53. The third-order valence-corrected chi connectivity index (χ3v) is 3.93. The van der Waals surface area contributed by atoms with Crippen LogP contribution in [0.5, 0.6) is 0 Å². The second kappa shape index (κ2) is 6.68. The summed E-state index contributed by atoms with van der Waals surface area (Å²) in [5, 5.41) is 9.39. The second-order valence-corrected chi connectivity index (χ2v) is 5.59. The van der Waals surface area contributed by atoms with Crippen LogP contribution in [-0.2, 0) is 0 Å².